The third kappa shape index (κ3) is 1.73. The normalized spacial score (nSPS) is 37.4. The van der Waals surface area contributed by atoms with Crippen molar-refractivity contribution >= 4 is 0 Å². The van der Waals surface area contributed by atoms with Gasteiger partial charge in [-0.15, -0.1) is 0 Å². The topological polar surface area (TPSA) is 32.7 Å². The fourth-order valence-corrected chi connectivity index (χ4v) is 1.20. The maximum Gasteiger partial charge on any atom is 0.123 e. The zero-order chi connectivity index (χ0) is 8.43. The van der Waals surface area contributed by atoms with Crippen molar-refractivity contribution in [3.63, 3.8) is 0 Å². The van der Waals surface area contributed by atoms with Crippen molar-refractivity contribution in [2.75, 3.05) is 14.1 Å². The molecule has 64 valence electrons. The molecule has 1 heterocycles. The van der Waals surface area contributed by atoms with Crippen LogP contribution >= 0.6 is 0 Å². The van der Waals surface area contributed by atoms with E-state index < -0.39 is 6.10 Å². The van der Waals surface area contributed by atoms with Gasteiger partial charge in [0.2, 0.25) is 0 Å². The van der Waals surface area contributed by atoms with Crippen LogP contribution in [0.1, 0.15) is 6.92 Å². The maximum atomic E-state index is 9.59. The molecule has 0 aromatic carbocycles. The average molecular weight is 157 g/mol. The van der Waals surface area contributed by atoms with Crippen LogP contribution in [0.5, 0.6) is 0 Å². The predicted octanol–water partition coefficient (Wildman–Crippen LogP) is 0.210. The van der Waals surface area contributed by atoms with Crippen molar-refractivity contribution in [2.24, 2.45) is 0 Å². The van der Waals surface area contributed by atoms with E-state index in [2.05, 4.69) is 0 Å². The summed E-state index contributed by atoms with van der Waals surface area (Å²) in [6.07, 6.45) is 2.99. The Labute approximate surface area is 67.3 Å². The molecule has 11 heavy (non-hydrogen) atoms. The van der Waals surface area contributed by atoms with Crippen molar-refractivity contribution in [1.82, 2.24) is 4.90 Å². The molecular formula is C8H15NO2. The highest BCUT2D eigenvalue weighted by Gasteiger charge is 2.27. The van der Waals surface area contributed by atoms with Crippen LogP contribution in [0.25, 0.3) is 0 Å². The minimum absolute atomic E-state index is 0.0822. The zero-order valence-electron chi connectivity index (χ0n) is 7.19. The van der Waals surface area contributed by atoms with Crippen molar-refractivity contribution in [3.05, 3.63) is 12.3 Å². The Morgan fingerprint density at radius 2 is 2.09 bits per heavy atom. The van der Waals surface area contributed by atoms with Gasteiger partial charge in [-0.3, -0.25) is 0 Å². The van der Waals surface area contributed by atoms with Gasteiger partial charge in [0.1, 0.15) is 12.2 Å². The number of hydrogen-bond donors (Lipinski definition) is 1. The summed E-state index contributed by atoms with van der Waals surface area (Å²) in [7, 11) is 3.88. The lowest BCUT2D eigenvalue weighted by atomic mass is 10.0. The molecule has 1 aliphatic rings. The van der Waals surface area contributed by atoms with E-state index >= 15 is 0 Å². The summed E-state index contributed by atoms with van der Waals surface area (Å²) < 4.78 is 5.11. The molecule has 3 heteroatoms. The Morgan fingerprint density at radius 3 is 2.55 bits per heavy atom. The van der Waals surface area contributed by atoms with Gasteiger partial charge in [-0.05, 0) is 27.1 Å². The first-order valence-corrected chi connectivity index (χ1v) is 3.79. The molecule has 1 aliphatic heterocycles. The summed E-state index contributed by atoms with van der Waals surface area (Å²) in [4.78, 5) is 1.97. The molecule has 0 bridgehead atoms. The van der Waals surface area contributed by atoms with Crippen molar-refractivity contribution in [3.8, 4) is 0 Å². The summed E-state index contributed by atoms with van der Waals surface area (Å²) >= 11 is 0. The van der Waals surface area contributed by atoms with E-state index in [1.54, 1.807) is 6.26 Å². The van der Waals surface area contributed by atoms with Gasteiger partial charge >= 0.3 is 0 Å². The third-order valence-electron chi connectivity index (χ3n) is 2.00. The molecule has 0 unspecified atom stereocenters. The highest BCUT2D eigenvalue weighted by atomic mass is 16.5. The van der Waals surface area contributed by atoms with E-state index in [1.165, 1.54) is 0 Å². The highest BCUT2D eigenvalue weighted by molar-refractivity contribution is 5.00. The van der Waals surface area contributed by atoms with Crippen LogP contribution in [0.3, 0.4) is 0 Å². The lowest BCUT2D eigenvalue weighted by Crippen LogP contribution is -2.45. The van der Waals surface area contributed by atoms with E-state index in [-0.39, 0.29) is 12.1 Å². The van der Waals surface area contributed by atoms with Gasteiger partial charge in [0.15, 0.2) is 0 Å². The minimum atomic E-state index is -0.421. The molecule has 0 fully saturated rings. The van der Waals surface area contributed by atoms with Crippen LogP contribution in [0, 0.1) is 0 Å². The Balaban J connectivity index is 2.64. The Morgan fingerprint density at radius 1 is 1.45 bits per heavy atom. The number of ether oxygens (including phenoxy) is 1. The van der Waals surface area contributed by atoms with E-state index in [4.69, 9.17) is 4.74 Å². The Hall–Kier alpha value is -0.540. The predicted molar refractivity (Wildman–Crippen MR) is 43.2 cm³/mol. The first-order valence-electron chi connectivity index (χ1n) is 3.79. The number of aliphatic hydroxyl groups excluding tert-OH is 1. The van der Waals surface area contributed by atoms with Gasteiger partial charge in [-0.25, -0.2) is 0 Å². The third-order valence-corrected chi connectivity index (χ3v) is 2.00. The zero-order valence-corrected chi connectivity index (χ0v) is 7.19. The van der Waals surface area contributed by atoms with Crippen molar-refractivity contribution in [2.45, 2.75) is 25.2 Å². The molecule has 1 rings (SSSR count). The second kappa shape index (κ2) is 3.24. The summed E-state index contributed by atoms with van der Waals surface area (Å²) in [5.74, 6) is 0. The standard InChI is InChI=1S/C8H15NO2/c1-6-8(10)7(9(2)3)4-5-11-6/h4-8,10H,1-3H3/t6-,7+,8+/m1/s1. The molecular weight excluding hydrogens is 142 g/mol. The summed E-state index contributed by atoms with van der Waals surface area (Å²) in [6.45, 7) is 1.87. The molecule has 0 radical (unpaired) electrons. The maximum absolute atomic E-state index is 9.59. The molecule has 3 nitrogen and oxygen atoms in total. The number of aliphatic hydroxyl groups is 1. The highest BCUT2D eigenvalue weighted by Crippen LogP contribution is 2.14. The lowest BCUT2D eigenvalue weighted by molar-refractivity contribution is -0.0276. The van der Waals surface area contributed by atoms with Crippen molar-refractivity contribution < 1.29 is 9.84 Å². The van der Waals surface area contributed by atoms with Crippen molar-refractivity contribution in [1.29, 1.82) is 0 Å². The first kappa shape index (κ1) is 8.56. The number of rotatable bonds is 1. The number of nitrogens with zero attached hydrogens (tertiary/aromatic N) is 1. The van der Waals surface area contributed by atoms with Gasteiger partial charge in [0.05, 0.1) is 12.3 Å². The fourth-order valence-electron chi connectivity index (χ4n) is 1.20. The van der Waals surface area contributed by atoms with E-state index in [9.17, 15) is 5.11 Å². The molecule has 3 atom stereocenters. The molecule has 0 aliphatic carbocycles. The van der Waals surface area contributed by atoms with Crippen LogP contribution in [-0.2, 0) is 4.74 Å². The van der Waals surface area contributed by atoms with E-state index in [0.29, 0.717) is 0 Å². The van der Waals surface area contributed by atoms with E-state index in [0.717, 1.165) is 0 Å². The van der Waals surface area contributed by atoms with Gasteiger partial charge in [0, 0.05) is 0 Å². The Kier molecular flexibility index (Phi) is 2.52. The molecule has 1 N–H and O–H groups in total. The van der Waals surface area contributed by atoms with E-state index in [1.807, 2.05) is 32.0 Å². The first-order chi connectivity index (χ1) is 5.13. The van der Waals surface area contributed by atoms with Gasteiger partial charge < -0.3 is 14.7 Å². The van der Waals surface area contributed by atoms with Crippen LogP contribution in [0.2, 0.25) is 0 Å². The van der Waals surface area contributed by atoms with Gasteiger partial charge in [-0.1, -0.05) is 0 Å². The molecule has 0 saturated carbocycles. The summed E-state index contributed by atoms with van der Waals surface area (Å²) in [5, 5.41) is 9.59. The summed E-state index contributed by atoms with van der Waals surface area (Å²) in [6, 6.07) is 0.0822. The monoisotopic (exact) mass is 157 g/mol. The second-order valence-electron chi connectivity index (χ2n) is 3.11. The minimum Gasteiger partial charge on any atom is -0.496 e. The number of hydrogen-bond acceptors (Lipinski definition) is 3. The van der Waals surface area contributed by atoms with Gasteiger partial charge in [0.25, 0.3) is 0 Å². The Bertz CT molecular complexity index is 156. The molecule has 0 saturated heterocycles. The largest absolute Gasteiger partial charge is 0.496 e. The number of likely N-dealkylation sites (N-methyl/N-ethyl adjacent to an activating group) is 1. The SMILES string of the molecule is C[C@H]1OC=C[C@H](N(C)C)[C@H]1O. The van der Waals surface area contributed by atoms with Crippen LogP contribution in [0.4, 0.5) is 0 Å². The van der Waals surface area contributed by atoms with Crippen LogP contribution in [-0.4, -0.2) is 42.4 Å². The molecule has 0 aromatic rings. The smallest absolute Gasteiger partial charge is 0.123 e. The van der Waals surface area contributed by atoms with Crippen LogP contribution < -0.4 is 0 Å². The fraction of sp³-hybridized carbons (Fsp3) is 0.750. The molecule has 0 spiro atoms. The lowest BCUT2D eigenvalue weighted by Gasteiger charge is -2.32. The summed E-state index contributed by atoms with van der Waals surface area (Å²) in [5.41, 5.74) is 0. The van der Waals surface area contributed by atoms with Gasteiger partial charge in [-0.2, -0.15) is 0 Å². The van der Waals surface area contributed by atoms with Crippen LogP contribution in [0.15, 0.2) is 12.3 Å². The average Bonchev–Trinajstić information content (AvgIpc) is 1.94. The second-order valence-corrected chi connectivity index (χ2v) is 3.11. The quantitative estimate of drug-likeness (QED) is 0.590. The molecule has 0 aromatic heterocycles. The molecule has 0 amide bonds.